The molecule has 4 nitrogen and oxygen atoms in total. The summed E-state index contributed by atoms with van der Waals surface area (Å²) in [4.78, 5) is 10.9. The molecule has 10 aromatic carbocycles. The second-order valence-corrected chi connectivity index (χ2v) is 18.9. The maximum atomic E-state index is 5.50. The van der Waals surface area contributed by atoms with Crippen molar-refractivity contribution in [3.8, 4) is 67.4 Å². The average molecular weight is 881 g/mol. The number of para-hydroxylation sites is 3. The normalized spacial score (nSPS) is 12.9. The lowest BCUT2D eigenvalue weighted by molar-refractivity contribution is 0.643. The smallest absolute Gasteiger partial charge is 0.235 e. The van der Waals surface area contributed by atoms with Gasteiger partial charge in [0.1, 0.15) is 0 Å². The van der Waals surface area contributed by atoms with E-state index in [1.165, 1.54) is 77.4 Å². The van der Waals surface area contributed by atoms with Gasteiger partial charge in [0.25, 0.3) is 0 Å². The molecule has 0 fully saturated rings. The van der Waals surface area contributed by atoms with Gasteiger partial charge in [0, 0.05) is 43.6 Å². The number of rotatable bonds is 6. The molecule has 1 aliphatic carbocycles. The van der Waals surface area contributed by atoms with E-state index < -0.39 is 0 Å². The summed E-state index contributed by atoms with van der Waals surface area (Å²) >= 11 is 0. The fourth-order valence-corrected chi connectivity index (χ4v) is 11.5. The van der Waals surface area contributed by atoms with Crippen LogP contribution in [0.3, 0.4) is 0 Å². The highest BCUT2D eigenvalue weighted by molar-refractivity contribution is 6.13. The zero-order valence-electron chi connectivity index (χ0n) is 38.2. The predicted octanol–water partition coefficient (Wildman–Crippen LogP) is 16.8. The summed E-state index contributed by atoms with van der Waals surface area (Å²) in [5.41, 5.74) is 20.5. The molecule has 0 spiro atoms. The minimum atomic E-state index is -0.174. The van der Waals surface area contributed by atoms with Crippen LogP contribution in [0.15, 0.2) is 231 Å². The molecule has 0 aliphatic heterocycles. The van der Waals surface area contributed by atoms with Crippen molar-refractivity contribution in [2.45, 2.75) is 19.3 Å². The van der Waals surface area contributed by atoms with Gasteiger partial charge in [0.15, 0.2) is 0 Å². The Hall–Kier alpha value is -8.86. The molecule has 3 aromatic heterocycles. The van der Waals surface area contributed by atoms with Gasteiger partial charge in [-0.1, -0.05) is 178 Å². The van der Waals surface area contributed by atoms with E-state index >= 15 is 0 Å². The van der Waals surface area contributed by atoms with Gasteiger partial charge < -0.3 is 4.57 Å². The summed E-state index contributed by atoms with van der Waals surface area (Å²) in [6.45, 7) is 4.63. The van der Waals surface area contributed by atoms with E-state index in [0.717, 1.165) is 49.7 Å². The Morgan fingerprint density at radius 2 is 0.812 bits per heavy atom. The number of fused-ring (bicyclic) bond motifs is 8. The zero-order chi connectivity index (χ0) is 45.8. The minimum Gasteiger partial charge on any atom is -0.309 e. The van der Waals surface area contributed by atoms with Crippen LogP contribution in [0.5, 0.6) is 0 Å². The van der Waals surface area contributed by atoms with Gasteiger partial charge >= 0.3 is 0 Å². The van der Waals surface area contributed by atoms with Crippen LogP contribution >= 0.6 is 0 Å². The van der Waals surface area contributed by atoms with Gasteiger partial charge in [0.05, 0.1) is 33.3 Å². The van der Waals surface area contributed by atoms with E-state index in [-0.39, 0.29) is 5.41 Å². The molecule has 13 aromatic rings. The molecule has 14 rings (SSSR count). The average Bonchev–Trinajstić information content (AvgIpc) is 3.92. The van der Waals surface area contributed by atoms with Crippen molar-refractivity contribution in [3.05, 3.63) is 242 Å². The molecule has 0 amide bonds. The third kappa shape index (κ3) is 5.95. The lowest BCUT2D eigenvalue weighted by atomic mass is 9.70. The van der Waals surface area contributed by atoms with E-state index in [1.54, 1.807) is 0 Å². The monoisotopic (exact) mass is 880 g/mol. The predicted molar refractivity (Wildman–Crippen MR) is 288 cm³/mol. The molecule has 4 heteroatoms. The SMILES string of the molecule is CC1(C)c2ccccc2-c2nc(-n3c4ccccc4c4cc(-c5cc(-c6ccccc6)c(-c6ccc7c(c6)c6ccccc6n7-c6ccccc6)cc5-c5ccccc5)ccc43)nc3cccc1c23. The molecule has 0 radical (unpaired) electrons. The number of aromatic nitrogens is 4. The van der Waals surface area contributed by atoms with Crippen molar-refractivity contribution in [1.82, 2.24) is 19.1 Å². The van der Waals surface area contributed by atoms with Crippen molar-refractivity contribution in [1.29, 1.82) is 0 Å². The maximum Gasteiger partial charge on any atom is 0.235 e. The summed E-state index contributed by atoms with van der Waals surface area (Å²) in [6.07, 6.45) is 0. The first-order valence-corrected chi connectivity index (χ1v) is 23.8. The first-order valence-electron chi connectivity index (χ1n) is 23.8. The largest absolute Gasteiger partial charge is 0.309 e. The third-order valence-electron chi connectivity index (χ3n) is 14.7. The highest BCUT2D eigenvalue weighted by Crippen LogP contribution is 2.49. The minimum absolute atomic E-state index is 0.174. The van der Waals surface area contributed by atoms with Crippen LogP contribution in [0.4, 0.5) is 0 Å². The molecule has 0 atom stereocenters. The Morgan fingerprint density at radius 3 is 1.43 bits per heavy atom. The standard InChI is InChI=1S/C65H44N4/c1-65(2)55-28-15-12-27-48(55)63-62-56(65)29-18-30-57(62)66-64(67-63)69-59-32-17-14-26-47(59)54-38-44(34-36-61(54)69)52-40-49(41-19-6-3-7-20-41)51(39-50(52)42-21-8-4-9-22-42)43-33-35-60-53(37-43)46-25-13-16-31-58(46)68(60)45-23-10-5-11-24-45/h3-40H,1-2H3. The molecule has 3 heterocycles. The molecule has 0 saturated carbocycles. The molecule has 0 saturated heterocycles. The fourth-order valence-electron chi connectivity index (χ4n) is 11.5. The van der Waals surface area contributed by atoms with Crippen LogP contribution in [-0.4, -0.2) is 19.1 Å². The quantitative estimate of drug-likeness (QED) is 0.167. The Bertz CT molecular complexity index is 4200. The van der Waals surface area contributed by atoms with Gasteiger partial charge in [0.2, 0.25) is 5.95 Å². The van der Waals surface area contributed by atoms with Crippen molar-refractivity contribution in [3.63, 3.8) is 0 Å². The molecule has 0 N–H and O–H groups in total. The number of hydrogen-bond acceptors (Lipinski definition) is 2. The first-order chi connectivity index (χ1) is 34.0. The Morgan fingerprint density at radius 1 is 0.333 bits per heavy atom. The van der Waals surface area contributed by atoms with Crippen molar-refractivity contribution in [2.75, 3.05) is 0 Å². The number of nitrogens with zero attached hydrogens (tertiary/aromatic N) is 4. The summed E-state index contributed by atoms with van der Waals surface area (Å²) in [6, 6.07) is 84.0. The van der Waals surface area contributed by atoms with E-state index in [9.17, 15) is 0 Å². The molecule has 0 bridgehead atoms. The zero-order valence-corrected chi connectivity index (χ0v) is 38.2. The Labute approximate surface area is 400 Å². The number of benzene rings is 10. The summed E-state index contributed by atoms with van der Waals surface area (Å²) in [5, 5.41) is 5.91. The van der Waals surface area contributed by atoms with E-state index in [0.29, 0.717) is 5.95 Å². The molecule has 1 aliphatic rings. The van der Waals surface area contributed by atoms with Crippen molar-refractivity contribution < 1.29 is 0 Å². The maximum absolute atomic E-state index is 5.50. The van der Waals surface area contributed by atoms with Gasteiger partial charge in [-0.05, 0) is 122 Å². The van der Waals surface area contributed by atoms with Crippen LogP contribution < -0.4 is 0 Å². The van der Waals surface area contributed by atoms with Crippen LogP contribution in [0, 0.1) is 0 Å². The number of hydrogen-bond donors (Lipinski definition) is 0. The molecule has 69 heavy (non-hydrogen) atoms. The second-order valence-electron chi connectivity index (χ2n) is 18.9. The van der Waals surface area contributed by atoms with E-state index in [4.69, 9.17) is 9.97 Å². The molecule has 324 valence electrons. The molecular formula is C65H44N4. The van der Waals surface area contributed by atoms with Crippen LogP contribution in [0.2, 0.25) is 0 Å². The highest BCUT2D eigenvalue weighted by Gasteiger charge is 2.35. The highest BCUT2D eigenvalue weighted by atomic mass is 15.2. The summed E-state index contributed by atoms with van der Waals surface area (Å²) < 4.78 is 4.65. The van der Waals surface area contributed by atoms with E-state index in [1.807, 2.05) is 0 Å². The third-order valence-corrected chi connectivity index (χ3v) is 14.7. The van der Waals surface area contributed by atoms with Crippen LogP contribution in [0.25, 0.3) is 122 Å². The second kappa shape index (κ2) is 15.1. The fraction of sp³-hybridized carbons (Fsp3) is 0.0462. The van der Waals surface area contributed by atoms with Crippen molar-refractivity contribution in [2.24, 2.45) is 0 Å². The van der Waals surface area contributed by atoms with E-state index in [2.05, 4.69) is 254 Å². The first kappa shape index (κ1) is 39.3. The molecule has 0 unspecified atom stereocenters. The topological polar surface area (TPSA) is 35.6 Å². The summed E-state index contributed by atoms with van der Waals surface area (Å²) in [7, 11) is 0. The van der Waals surface area contributed by atoms with Gasteiger partial charge in [-0.3, -0.25) is 4.57 Å². The summed E-state index contributed by atoms with van der Waals surface area (Å²) in [5.74, 6) is 0.674. The lowest BCUT2D eigenvalue weighted by Crippen LogP contribution is -2.24. The van der Waals surface area contributed by atoms with Gasteiger partial charge in [-0.25, -0.2) is 9.97 Å². The van der Waals surface area contributed by atoms with Gasteiger partial charge in [-0.15, -0.1) is 0 Å². The molecular weight excluding hydrogens is 837 g/mol. The lowest BCUT2D eigenvalue weighted by Gasteiger charge is -2.34. The Kier molecular flexibility index (Phi) is 8.59. The van der Waals surface area contributed by atoms with Crippen LogP contribution in [0.1, 0.15) is 25.0 Å². The Balaban J connectivity index is 0.995. The van der Waals surface area contributed by atoms with Crippen LogP contribution in [-0.2, 0) is 5.41 Å². The van der Waals surface area contributed by atoms with Crippen molar-refractivity contribution >= 4 is 54.5 Å². The van der Waals surface area contributed by atoms with Gasteiger partial charge in [-0.2, -0.15) is 0 Å².